The number of nitriles is 1. The van der Waals surface area contributed by atoms with E-state index in [-0.39, 0.29) is 6.10 Å². The van der Waals surface area contributed by atoms with Crippen molar-refractivity contribution in [3.05, 3.63) is 29.8 Å². The highest BCUT2D eigenvalue weighted by atomic mass is 16.5. The Morgan fingerprint density at radius 1 is 1.22 bits per heavy atom. The van der Waals surface area contributed by atoms with Crippen molar-refractivity contribution in [3.63, 3.8) is 0 Å². The molecule has 1 rings (SSSR count). The molecule has 18 heavy (non-hydrogen) atoms. The number of unbranched alkanes of at least 4 members (excludes halogenated alkanes) is 1. The van der Waals surface area contributed by atoms with Crippen LogP contribution in [-0.2, 0) is 11.2 Å². The molecule has 0 aliphatic rings. The molecule has 3 heteroatoms. The van der Waals surface area contributed by atoms with Crippen LogP contribution in [0.15, 0.2) is 24.3 Å². The molecule has 98 valence electrons. The van der Waals surface area contributed by atoms with Crippen molar-refractivity contribution in [2.24, 2.45) is 0 Å². The van der Waals surface area contributed by atoms with Crippen molar-refractivity contribution in [2.45, 2.75) is 39.2 Å². The van der Waals surface area contributed by atoms with Crippen LogP contribution in [0.25, 0.3) is 0 Å². The molecule has 0 heterocycles. The van der Waals surface area contributed by atoms with Gasteiger partial charge in [0.05, 0.1) is 12.7 Å². The van der Waals surface area contributed by atoms with Crippen LogP contribution in [0.5, 0.6) is 5.75 Å². The standard InChI is InChI=1S/C15H21NO2/c1-3-4-5-14-6-8-15(9-7-14)18-11-10-17-13(2)12-16/h6-9,13H,3-5,10-11H2,1-2H3. The number of hydrogen-bond acceptors (Lipinski definition) is 3. The van der Waals surface area contributed by atoms with E-state index in [0.29, 0.717) is 13.2 Å². The zero-order chi connectivity index (χ0) is 13.2. The maximum atomic E-state index is 8.54. The second kappa shape index (κ2) is 8.54. The van der Waals surface area contributed by atoms with Gasteiger partial charge >= 0.3 is 0 Å². The van der Waals surface area contributed by atoms with E-state index in [1.54, 1.807) is 6.92 Å². The molecule has 0 spiro atoms. The first kappa shape index (κ1) is 14.5. The minimum atomic E-state index is -0.370. The number of aryl methyl sites for hydroxylation is 1. The van der Waals surface area contributed by atoms with Crippen LogP contribution in [0.3, 0.4) is 0 Å². The molecule has 0 aliphatic carbocycles. The highest BCUT2D eigenvalue weighted by molar-refractivity contribution is 5.27. The molecule has 0 aliphatic heterocycles. The van der Waals surface area contributed by atoms with Gasteiger partial charge in [-0.05, 0) is 37.5 Å². The van der Waals surface area contributed by atoms with Crippen molar-refractivity contribution in [1.29, 1.82) is 5.26 Å². The molecule has 0 radical (unpaired) electrons. The number of hydrogen-bond donors (Lipinski definition) is 0. The second-order valence-corrected chi connectivity index (χ2v) is 4.24. The van der Waals surface area contributed by atoms with Crippen LogP contribution in [0.1, 0.15) is 32.3 Å². The maximum Gasteiger partial charge on any atom is 0.141 e. The Kier molecular flexibility index (Phi) is 6.90. The van der Waals surface area contributed by atoms with Gasteiger partial charge in [-0.2, -0.15) is 5.26 Å². The summed E-state index contributed by atoms with van der Waals surface area (Å²) in [6.07, 6.45) is 3.19. The lowest BCUT2D eigenvalue weighted by Gasteiger charge is -2.08. The van der Waals surface area contributed by atoms with Gasteiger partial charge in [0.25, 0.3) is 0 Å². The molecule has 0 saturated heterocycles. The first-order valence-electron chi connectivity index (χ1n) is 6.49. The van der Waals surface area contributed by atoms with Crippen molar-refractivity contribution < 1.29 is 9.47 Å². The quantitative estimate of drug-likeness (QED) is 0.662. The third-order valence-corrected chi connectivity index (χ3v) is 2.64. The zero-order valence-electron chi connectivity index (χ0n) is 11.2. The van der Waals surface area contributed by atoms with Gasteiger partial charge in [0.2, 0.25) is 0 Å². The minimum absolute atomic E-state index is 0.370. The maximum absolute atomic E-state index is 8.54. The van der Waals surface area contributed by atoms with Gasteiger partial charge in [-0.25, -0.2) is 0 Å². The molecule has 3 nitrogen and oxygen atoms in total. The van der Waals surface area contributed by atoms with Gasteiger partial charge in [-0.15, -0.1) is 0 Å². The van der Waals surface area contributed by atoms with Crippen LogP contribution in [0.4, 0.5) is 0 Å². The largest absolute Gasteiger partial charge is 0.491 e. The summed E-state index contributed by atoms with van der Waals surface area (Å²) >= 11 is 0. The van der Waals surface area contributed by atoms with Gasteiger partial charge in [-0.1, -0.05) is 25.5 Å². The Morgan fingerprint density at radius 3 is 2.56 bits per heavy atom. The Hall–Kier alpha value is -1.53. The van der Waals surface area contributed by atoms with Crippen LogP contribution in [-0.4, -0.2) is 19.3 Å². The van der Waals surface area contributed by atoms with Crippen molar-refractivity contribution in [2.75, 3.05) is 13.2 Å². The van der Waals surface area contributed by atoms with E-state index in [4.69, 9.17) is 14.7 Å². The van der Waals surface area contributed by atoms with E-state index in [2.05, 4.69) is 19.1 Å². The van der Waals surface area contributed by atoms with Crippen LogP contribution in [0, 0.1) is 11.3 Å². The van der Waals surface area contributed by atoms with Crippen LogP contribution < -0.4 is 4.74 Å². The molecule has 0 amide bonds. The molecule has 0 N–H and O–H groups in total. The number of benzene rings is 1. The number of ether oxygens (including phenoxy) is 2. The lowest BCUT2D eigenvalue weighted by molar-refractivity contribution is 0.0744. The topological polar surface area (TPSA) is 42.2 Å². The van der Waals surface area contributed by atoms with Crippen molar-refractivity contribution >= 4 is 0 Å². The van der Waals surface area contributed by atoms with Crippen LogP contribution >= 0.6 is 0 Å². The van der Waals surface area contributed by atoms with Gasteiger partial charge in [0, 0.05) is 0 Å². The van der Waals surface area contributed by atoms with Gasteiger partial charge in [0.15, 0.2) is 0 Å². The molecule has 1 unspecified atom stereocenters. The van der Waals surface area contributed by atoms with E-state index >= 15 is 0 Å². The summed E-state index contributed by atoms with van der Waals surface area (Å²) in [7, 11) is 0. The highest BCUT2D eigenvalue weighted by Crippen LogP contribution is 2.13. The number of rotatable bonds is 8. The lowest BCUT2D eigenvalue weighted by atomic mass is 10.1. The molecular formula is C15H21NO2. The van der Waals surface area contributed by atoms with E-state index in [1.165, 1.54) is 18.4 Å². The molecular weight excluding hydrogens is 226 g/mol. The summed E-state index contributed by atoms with van der Waals surface area (Å²) in [4.78, 5) is 0. The molecule has 1 atom stereocenters. The van der Waals surface area contributed by atoms with E-state index in [1.807, 2.05) is 18.2 Å². The molecule has 0 fully saturated rings. The summed E-state index contributed by atoms with van der Waals surface area (Å²) in [6, 6.07) is 10.2. The fourth-order valence-corrected chi connectivity index (χ4v) is 1.55. The molecule has 0 aromatic heterocycles. The Bertz CT molecular complexity index is 367. The lowest BCUT2D eigenvalue weighted by Crippen LogP contribution is -2.12. The number of nitrogens with zero attached hydrogens (tertiary/aromatic N) is 1. The smallest absolute Gasteiger partial charge is 0.141 e. The molecule has 0 saturated carbocycles. The summed E-state index contributed by atoms with van der Waals surface area (Å²) in [6.45, 7) is 4.83. The van der Waals surface area contributed by atoms with Crippen molar-refractivity contribution in [3.8, 4) is 11.8 Å². The van der Waals surface area contributed by atoms with E-state index in [0.717, 1.165) is 12.2 Å². The monoisotopic (exact) mass is 247 g/mol. The third-order valence-electron chi connectivity index (χ3n) is 2.64. The molecule has 0 bridgehead atoms. The Balaban J connectivity index is 2.25. The summed E-state index contributed by atoms with van der Waals surface area (Å²) in [5.41, 5.74) is 1.35. The zero-order valence-corrected chi connectivity index (χ0v) is 11.2. The van der Waals surface area contributed by atoms with Gasteiger partial charge in [0.1, 0.15) is 18.5 Å². The van der Waals surface area contributed by atoms with Gasteiger partial charge < -0.3 is 9.47 Å². The fourth-order valence-electron chi connectivity index (χ4n) is 1.55. The molecule has 1 aromatic carbocycles. The molecule has 1 aromatic rings. The average molecular weight is 247 g/mol. The van der Waals surface area contributed by atoms with Crippen molar-refractivity contribution in [1.82, 2.24) is 0 Å². The first-order valence-corrected chi connectivity index (χ1v) is 6.49. The first-order chi connectivity index (χ1) is 8.76. The van der Waals surface area contributed by atoms with Crippen LogP contribution in [0.2, 0.25) is 0 Å². The van der Waals surface area contributed by atoms with E-state index < -0.39 is 0 Å². The Labute approximate surface area is 109 Å². The Morgan fingerprint density at radius 2 is 1.94 bits per heavy atom. The highest BCUT2D eigenvalue weighted by Gasteiger charge is 1.99. The van der Waals surface area contributed by atoms with E-state index in [9.17, 15) is 0 Å². The average Bonchev–Trinajstić information content (AvgIpc) is 2.42. The normalized spacial score (nSPS) is 11.8. The predicted octanol–water partition coefficient (Wildman–Crippen LogP) is 3.34. The summed E-state index contributed by atoms with van der Waals surface area (Å²) in [5.74, 6) is 0.850. The third kappa shape index (κ3) is 5.70. The SMILES string of the molecule is CCCCc1ccc(OCCOC(C)C#N)cc1. The second-order valence-electron chi connectivity index (χ2n) is 4.24. The minimum Gasteiger partial charge on any atom is -0.491 e. The van der Waals surface area contributed by atoms with Gasteiger partial charge in [-0.3, -0.25) is 0 Å². The predicted molar refractivity (Wildman–Crippen MR) is 71.6 cm³/mol. The summed E-state index contributed by atoms with van der Waals surface area (Å²) in [5, 5.41) is 8.54. The summed E-state index contributed by atoms with van der Waals surface area (Å²) < 4.78 is 10.7. The fraction of sp³-hybridized carbons (Fsp3) is 0.533.